The van der Waals surface area contributed by atoms with Crippen molar-refractivity contribution in [1.82, 2.24) is 15.2 Å². The molecule has 1 aliphatic heterocycles. The van der Waals surface area contributed by atoms with Gasteiger partial charge in [0.25, 0.3) is 5.91 Å². The molecule has 1 unspecified atom stereocenters. The Morgan fingerprint density at radius 3 is 2.79 bits per heavy atom. The number of benzene rings is 2. The van der Waals surface area contributed by atoms with Gasteiger partial charge in [0, 0.05) is 24.0 Å². The Balaban J connectivity index is 1.74. The topological polar surface area (TPSA) is 45.2 Å². The zero-order valence-electron chi connectivity index (χ0n) is 16.0. The minimum Gasteiger partial charge on any atom is -0.338 e. The van der Waals surface area contributed by atoms with Crippen molar-refractivity contribution >= 4 is 16.8 Å². The van der Waals surface area contributed by atoms with Gasteiger partial charge < -0.3 is 10.2 Å². The van der Waals surface area contributed by atoms with E-state index in [2.05, 4.69) is 5.32 Å². The van der Waals surface area contributed by atoms with Crippen LogP contribution in [-0.2, 0) is 0 Å². The van der Waals surface area contributed by atoms with Crippen molar-refractivity contribution in [2.45, 2.75) is 12.8 Å². The van der Waals surface area contributed by atoms with E-state index in [1.54, 1.807) is 12.1 Å². The van der Waals surface area contributed by atoms with Crippen molar-refractivity contribution in [3.05, 3.63) is 66.0 Å². The van der Waals surface area contributed by atoms with Crippen molar-refractivity contribution in [1.29, 1.82) is 0 Å². The van der Waals surface area contributed by atoms with Gasteiger partial charge in [0.15, 0.2) is 0 Å². The molecule has 1 saturated heterocycles. The average molecular weight is 377 g/mol. The average Bonchev–Trinajstić information content (AvgIpc) is 2.73. The Morgan fingerprint density at radius 1 is 1.21 bits per heavy atom. The third-order valence-electron chi connectivity index (χ3n) is 5.39. The summed E-state index contributed by atoms with van der Waals surface area (Å²) in [4.78, 5) is 20.1. The maximum absolute atomic E-state index is 13.4. The van der Waals surface area contributed by atoms with Gasteiger partial charge in [0.1, 0.15) is 5.82 Å². The minimum atomic E-state index is -0.287. The molecule has 2 heterocycles. The van der Waals surface area contributed by atoms with Gasteiger partial charge in [-0.1, -0.05) is 18.2 Å². The number of nitrogens with zero attached hydrogens (tertiary/aromatic N) is 2. The molecule has 0 radical (unpaired) electrons. The Kier molecular flexibility index (Phi) is 5.35. The number of carbonyl (C=O) groups is 1. The van der Waals surface area contributed by atoms with Gasteiger partial charge in [0.2, 0.25) is 0 Å². The van der Waals surface area contributed by atoms with Crippen molar-refractivity contribution in [3.63, 3.8) is 0 Å². The van der Waals surface area contributed by atoms with Crippen LogP contribution >= 0.6 is 0 Å². The van der Waals surface area contributed by atoms with Gasteiger partial charge in [-0.25, -0.2) is 9.37 Å². The molecule has 28 heavy (non-hydrogen) atoms. The summed E-state index contributed by atoms with van der Waals surface area (Å²) in [7, 11) is 1.95. The smallest absolute Gasteiger partial charge is 0.254 e. The molecule has 1 N–H and O–H groups in total. The van der Waals surface area contributed by atoms with Crippen LogP contribution < -0.4 is 5.32 Å². The summed E-state index contributed by atoms with van der Waals surface area (Å²) in [6, 6.07) is 15.8. The van der Waals surface area contributed by atoms with Gasteiger partial charge in [-0.2, -0.15) is 0 Å². The van der Waals surface area contributed by atoms with Crippen molar-refractivity contribution in [2.75, 3.05) is 26.7 Å². The van der Waals surface area contributed by atoms with E-state index in [1.165, 1.54) is 12.1 Å². The maximum Gasteiger partial charge on any atom is 0.254 e. The fourth-order valence-corrected chi connectivity index (χ4v) is 4.00. The lowest BCUT2D eigenvalue weighted by Gasteiger charge is -2.33. The van der Waals surface area contributed by atoms with Gasteiger partial charge in [-0.05, 0) is 68.8 Å². The molecular weight excluding hydrogens is 353 g/mol. The van der Waals surface area contributed by atoms with Crippen LogP contribution in [0, 0.1) is 11.7 Å². The minimum absolute atomic E-state index is 0.0442. The molecule has 1 atom stereocenters. The zero-order chi connectivity index (χ0) is 19.5. The van der Waals surface area contributed by atoms with Crippen LogP contribution in [0.5, 0.6) is 0 Å². The van der Waals surface area contributed by atoms with Crippen molar-refractivity contribution < 1.29 is 9.18 Å². The monoisotopic (exact) mass is 377 g/mol. The Bertz CT molecular complexity index is 985. The Morgan fingerprint density at radius 2 is 2.00 bits per heavy atom. The molecule has 0 saturated carbocycles. The number of fused-ring (bicyclic) bond motifs is 1. The number of carbonyl (C=O) groups excluding carboxylic acids is 1. The fraction of sp³-hybridized carbons (Fsp3) is 0.304. The standard InChI is InChI=1S/C23H24FN3O/c1-25-14-16-5-4-12-27(15-16)23(28)20-13-22(17-8-10-18(24)11-9-17)26-21-7-3-2-6-19(20)21/h2-3,6-11,13,16,25H,4-5,12,14-15H2,1H3. The lowest BCUT2D eigenvalue weighted by molar-refractivity contribution is 0.0676. The maximum atomic E-state index is 13.4. The highest BCUT2D eigenvalue weighted by atomic mass is 19.1. The second-order valence-corrected chi connectivity index (χ2v) is 7.40. The third-order valence-corrected chi connectivity index (χ3v) is 5.39. The lowest BCUT2D eigenvalue weighted by atomic mass is 9.96. The molecule has 1 aliphatic rings. The fourth-order valence-electron chi connectivity index (χ4n) is 4.00. The van der Waals surface area contributed by atoms with Crippen LogP contribution in [0.3, 0.4) is 0 Å². The Hall–Kier alpha value is -2.79. The molecule has 1 amide bonds. The van der Waals surface area contributed by atoms with Crippen LogP contribution in [0.4, 0.5) is 4.39 Å². The molecule has 144 valence electrons. The summed E-state index contributed by atoms with van der Waals surface area (Å²) in [5.41, 5.74) is 2.92. The first kappa shape index (κ1) is 18.6. The number of halogens is 1. The van der Waals surface area contributed by atoms with E-state index in [1.807, 2.05) is 42.3 Å². The normalized spacial score (nSPS) is 17.1. The predicted molar refractivity (Wildman–Crippen MR) is 110 cm³/mol. The van der Waals surface area contributed by atoms with E-state index >= 15 is 0 Å². The number of likely N-dealkylation sites (tertiary alicyclic amines) is 1. The van der Waals surface area contributed by atoms with E-state index in [0.717, 1.165) is 48.9 Å². The third kappa shape index (κ3) is 3.76. The van der Waals surface area contributed by atoms with Gasteiger partial charge in [-0.3, -0.25) is 4.79 Å². The highest BCUT2D eigenvalue weighted by molar-refractivity contribution is 6.07. The molecule has 0 spiro atoms. The molecule has 4 nitrogen and oxygen atoms in total. The zero-order valence-corrected chi connectivity index (χ0v) is 16.0. The lowest BCUT2D eigenvalue weighted by Crippen LogP contribution is -2.42. The number of amides is 1. The molecule has 1 aromatic heterocycles. The van der Waals surface area contributed by atoms with Gasteiger partial charge in [-0.15, -0.1) is 0 Å². The second-order valence-electron chi connectivity index (χ2n) is 7.40. The van der Waals surface area contributed by atoms with E-state index in [0.29, 0.717) is 17.2 Å². The Labute approximate surface area is 164 Å². The first-order valence-corrected chi connectivity index (χ1v) is 9.75. The highest BCUT2D eigenvalue weighted by Gasteiger charge is 2.25. The van der Waals surface area contributed by atoms with Crippen LogP contribution in [0.25, 0.3) is 22.2 Å². The van der Waals surface area contributed by atoms with Gasteiger partial charge >= 0.3 is 0 Å². The molecule has 1 fully saturated rings. The summed E-state index contributed by atoms with van der Waals surface area (Å²) in [6.45, 7) is 2.46. The molecular formula is C23H24FN3O. The highest BCUT2D eigenvalue weighted by Crippen LogP contribution is 2.27. The molecule has 3 aromatic rings. The molecule has 4 rings (SSSR count). The number of hydrogen-bond donors (Lipinski definition) is 1. The van der Waals surface area contributed by atoms with E-state index in [4.69, 9.17) is 4.98 Å². The largest absolute Gasteiger partial charge is 0.338 e. The van der Waals surface area contributed by atoms with Crippen molar-refractivity contribution in [2.24, 2.45) is 5.92 Å². The van der Waals surface area contributed by atoms with Crippen LogP contribution in [0.2, 0.25) is 0 Å². The number of hydrogen-bond acceptors (Lipinski definition) is 3. The van der Waals surface area contributed by atoms with Gasteiger partial charge in [0.05, 0.1) is 16.8 Å². The van der Waals surface area contributed by atoms with Crippen LogP contribution in [0.1, 0.15) is 23.2 Å². The number of pyridine rings is 1. The summed E-state index contributed by atoms with van der Waals surface area (Å²) in [5.74, 6) is 0.236. The summed E-state index contributed by atoms with van der Waals surface area (Å²) in [6.07, 6.45) is 2.16. The predicted octanol–water partition coefficient (Wildman–Crippen LogP) is 4.11. The number of para-hydroxylation sites is 1. The molecule has 5 heteroatoms. The number of rotatable bonds is 4. The summed E-state index contributed by atoms with van der Waals surface area (Å²) < 4.78 is 13.3. The first-order chi connectivity index (χ1) is 13.7. The van der Waals surface area contributed by atoms with E-state index in [-0.39, 0.29) is 11.7 Å². The molecule has 0 aliphatic carbocycles. The second kappa shape index (κ2) is 8.07. The van der Waals surface area contributed by atoms with Crippen LogP contribution in [-0.4, -0.2) is 42.5 Å². The summed E-state index contributed by atoms with van der Waals surface area (Å²) >= 11 is 0. The first-order valence-electron chi connectivity index (χ1n) is 9.75. The van der Waals surface area contributed by atoms with Crippen LogP contribution in [0.15, 0.2) is 54.6 Å². The van der Waals surface area contributed by atoms with E-state index < -0.39 is 0 Å². The quantitative estimate of drug-likeness (QED) is 0.744. The molecule has 2 aromatic carbocycles. The van der Waals surface area contributed by atoms with E-state index in [9.17, 15) is 9.18 Å². The summed E-state index contributed by atoms with van der Waals surface area (Å²) in [5, 5.41) is 4.08. The number of nitrogens with one attached hydrogen (secondary N) is 1. The van der Waals surface area contributed by atoms with Crippen molar-refractivity contribution in [3.8, 4) is 11.3 Å². The number of aromatic nitrogens is 1. The molecule has 0 bridgehead atoms. The SMILES string of the molecule is CNCC1CCCN(C(=O)c2cc(-c3ccc(F)cc3)nc3ccccc23)C1. The number of piperidine rings is 1.